The van der Waals surface area contributed by atoms with E-state index in [1.54, 1.807) is 26.3 Å². The average molecular weight is 434 g/mol. The second-order valence-electron chi connectivity index (χ2n) is 7.42. The molecule has 0 atom stereocenters. The zero-order valence-electron chi connectivity index (χ0n) is 17.8. The molecule has 2 amide bonds. The molecule has 31 heavy (non-hydrogen) atoms. The molecular formula is C23H28F2N2O4. The van der Waals surface area contributed by atoms with Gasteiger partial charge in [-0.3, -0.25) is 4.90 Å². The molecule has 1 heterocycles. The van der Waals surface area contributed by atoms with Crippen LogP contribution in [0.1, 0.15) is 24.0 Å². The van der Waals surface area contributed by atoms with Gasteiger partial charge in [0.05, 0.1) is 5.60 Å². The fourth-order valence-corrected chi connectivity index (χ4v) is 3.59. The predicted octanol–water partition coefficient (Wildman–Crippen LogP) is 4.17. The Balaban J connectivity index is 1.66. The molecule has 3 rings (SSSR count). The molecule has 0 saturated carbocycles. The van der Waals surface area contributed by atoms with E-state index in [4.69, 9.17) is 14.2 Å². The van der Waals surface area contributed by atoms with E-state index in [0.29, 0.717) is 37.5 Å². The minimum atomic E-state index is -0.614. The van der Waals surface area contributed by atoms with E-state index in [0.717, 1.165) is 11.1 Å². The van der Waals surface area contributed by atoms with E-state index in [2.05, 4.69) is 5.32 Å². The summed E-state index contributed by atoms with van der Waals surface area (Å²) in [7, 11) is 3.24. The van der Waals surface area contributed by atoms with Crippen LogP contribution >= 0.6 is 0 Å². The normalized spacial score (nSPS) is 15.4. The van der Waals surface area contributed by atoms with E-state index in [1.807, 2.05) is 18.2 Å². The second-order valence-corrected chi connectivity index (χ2v) is 7.42. The summed E-state index contributed by atoms with van der Waals surface area (Å²) in [6.07, 6.45) is 1.31. The van der Waals surface area contributed by atoms with Gasteiger partial charge in [-0.05, 0) is 35.4 Å². The smallest absolute Gasteiger partial charge is 0.321 e. The number of nitrogens with one attached hydrogen (secondary N) is 1. The summed E-state index contributed by atoms with van der Waals surface area (Å²) in [5, 5.41) is 2.47. The summed E-state index contributed by atoms with van der Waals surface area (Å²) in [4.78, 5) is 13.3. The Kier molecular flexibility index (Phi) is 7.81. The Hall–Kier alpha value is -2.71. The van der Waals surface area contributed by atoms with Crippen molar-refractivity contribution in [3.63, 3.8) is 0 Å². The number of hydrogen-bond acceptors (Lipinski definition) is 4. The highest BCUT2D eigenvalue weighted by Crippen LogP contribution is 2.37. The number of ether oxygens (including phenoxy) is 3. The van der Waals surface area contributed by atoms with Crippen molar-refractivity contribution in [2.45, 2.75) is 25.0 Å². The maximum absolute atomic E-state index is 14.3. The highest BCUT2D eigenvalue weighted by atomic mass is 19.1. The van der Waals surface area contributed by atoms with Crippen LogP contribution in [-0.4, -0.2) is 46.6 Å². The molecule has 8 heteroatoms. The molecule has 1 fully saturated rings. The van der Waals surface area contributed by atoms with E-state index in [1.165, 1.54) is 17.0 Å². The number of rotatable bonds is 8. The first-order valence-electron chi connectivity index (χ1n) is 10.2. The summed E-state index contributed by atoms with van der Waals surface area (Å²) >= 11 is 0. The van der Waals surface area contributed by atoms with Crippen LogP contribution in [0.3, 0.4) is 0 Å². The minimum Gasteiger partial charge on any atom is -0.489 e. The molecule has 1 aliphatic rings. The Morgan fingerprint density at radius 3 is 2.55 bits per heavy atom. The summed E-state index contributed by atoms with van der Waals surface area (Å²) in [5.41, 5.74) is 1.69. The number of benzene rings is 2. The van der Waals surface area contributed by atoms with E-state index < -0.39 is 12.3 Å². The summed E-state index contributed by atoms with van der Waals surface area (Å²) in [6, 6.07) is 11.5. The summed E-state index contributed by atoms with van der Waals surface area (Å²) in [6.45, 7) is 0.726. The number of hydrogen-bond donors (Lipinski definition) is 1. The number of carbonyl (C=O) groups is 1. The van der Waals surface area contributed by atoms with Gasteiger partial charge in [0.1, 0.15) is 24.8 Å². The quantitative estimate of drug-likeness (QED) is 0.678. The zero-order chi connectivity index (χ0) is 22.3. The van der Waals surface area contributed by atoms with Crippen molar-refractivity contribution in [2.24, 2.45) is 0 Å². The Morgan fingerprint density at radius 2 is 1.90 bits per heavy atom. The third-order valence-electron chi connectivity index (χ3n) is 5.49. The van der Waals surface area contributed by atoms with Gasteiger partial charge >= 0.3 is 6.03 Å². The Labute approximate surface area is 181 Å². The molecule has 1 N–H and O–H groups in total. The number of methoxy groups -OCH3 is 1. The highest BCUT2D eigenvalue weighted by molar-refractivity contribution is 5.91. The predicted molar refractivity (Wildman–Crippen MR) is 114 cm³/mol. The lowest BCUT2D eigenvalue weighted by Gasteiger charge is -2.36. The molecule has 1 aliphatic heterocycles. The van der Waals surface area contributed by atoms with Crippen LogP contribution in [-0.2, 0) is 21.7 Å². The summed E-state index contributed by atoms with van der Waals surface area (Å²) in [5.74, 6) is 0.0383. The van der Waals surface area contributed by atoms with E-state index in [-0.39, 0.29) is 25.0 Å². The number of anilines is 1. The van der Waals surface area contributed by atoms with Crippen LogP contribution < -0.4 is 15.0 Å². The third kappa shape index (κ3) is 5.71. The Morgan fingerprint density at radius 1 is 1.19 bits per heavy atom. The molecule has 0 unspecified atom stereocenters. The number of carbonyl (C=O) groups excluding carboxylic acids is 1. The van der Waals surface area contributed by atoms with Gasteiger partial charge < -0.3 is 19.5 Å². The largest absolute Gasteiger partial charge is 0.489 e. The number of alkyl halides is 1. The van der Waals surface area contributed by atoms with Crippen molar-refractivity contribution in [2.75, 3.05) is 45.5 Å². The first kappa shape index (κ1) is 23.0. The van der Waals surface area contributed by atoms with Crippen LogP contribution in [0.5, 0.6) is 5.75 Å². The van der Waals surface area contributed by atoms with E-state index >= 15 is 0 Å². The molecule has 2 aromatic carbocycles. The number of amides is 2. The van der Waals surface area contributed by atoms with Gasteiger partial charge in [0.2, 0.25) is 0 Å². The van der Waals surface area contributed by atoms with Crippen molar-refractivity contribution in [3.8, 4) is 5.75 Å². The second kappa shape index (κ2) is 10.5. The van der Waals surface area contributed by atoms with Crippen LogP contribution in [0.2, 0.25) is 0 Å². The van der Waals surface area contributed by atoms with Crippen molar-refractivity contribution in [3.05, 3.63) is 59.4 Å². The van der Waals surface area contributed by atoms with Crippen LogP contribution in [0, 0.1) is 5.82 Å². The molecule has 168 valence electrons. The molecule has 0 radical (unpaired) electrons. The van der Waals surface area contributed by atoms with Gasteiger partial charge in [0, 0.05) is 58.5 Å². The van der Waals surface area contributed by atoms with Gasteiger partial charge in [-0.15, -0.1) is 0 Å². The topological polar surface area (TPSA) is 60.0 Å². The standard InChI is InChI=1S/C23H28F2N2O4/c1-27(22(28)26-10-9-24)20-5-3-17(4-6-20)16-31-21-14-18(13-19(25)15-21)23(29-2)7-11-30-12-8-23/h3-6,13-15H,7-12,16H2,1-2H3,(H,26,28). The van der Waals surface area contributed by atoms with Crippen LogP contribution in [0.4, 0.5) is 19.3 Å². The molecule has 0 aliphatic carbocycles. The van der Waals surface area contributed by atoms with E-state index in [9.17, 15) is 13.6 Å². The SMILES string of the molecule is COC1(c2cc(F)cc(OCc3ccc(N(C)C(=O)NCCF)cc3)c2)CCOCC1. The van der Waals surface area contributed by atoms with Crippen LogP contribution in [0.25, 0.3) is 0 Å². The molecular weight excluding hydrogens is 406 g/mol. The van der Waals surface area contributed by atoms with Gasteiger partial charge in [-0.1, -0.05) is 12.1 Å². The van der Waals surface area contributed by atoms with Crippen molar-refractivity contribution < 1.29 is 27.8 Å². The molecule has 0 aromatic heterocycles. The average Bonchev–Trinajstić information content (AvgIpc) is 2.81. The third-order valence-corrected chi connectivity index (χ3v) is 5.49. The molecule has 2 aromatic rings. The maximum Gasteiger partial charge on any atom is 0.321 e. The van der Waals surface area contributed by atoms with Crippen molar-refractivity contribution in [1.82, 2.24) is 5.32 Å². The minimum absolute atomic E-state index is 0.0257. The lowest BCUT2D eigenvalue weighted by atomic mass is 9.86. The van der Waals surface area contributed by atoms with Gasteiger partial charge in [0.25, 0.3) is 0 Å². The first-order valence-corrected chi connectivity index (χ1v) is 10.2. The summed E-state index contributed by atoms with van der Waals surface area (Å²) < 4.78 is 43.5. The molecule has 6 nitrogen and oxygen atoms in total. The molecule has 0 bridgehead atoms. The van der Waals surface area contributed by atoms with Gasteiger partial charge in [0.15, 0.2) is 0 Å². The number of halogens is 2. The fourth-order valence-electron chi connectivity index (χ4n) is 3.59. The number of nitrogens with zero attached hydrogens (tertiary/aromatic N) is 1. The zero-order valence-corrected chi connectivity index (χ0v) is 17.8. The van der Waals surface area contributed by atoms with Crippen molar-refractivity contribution in [1.29, 1.82) is 0 Å². The Bertz CT molecular complexity index is 870. The van der Waals surface area contributed by atoms with Gasteiger partial charge in [-0.2, -0.15) is 0 Å². The molecule has 0 spiro atoms. The fraction of sp³-hybridized carbons (Fsp3) is 0.435. The number of urea groups is 1. The molecule has 1 saturated heterocycles. The van der Waals surface area contributed by atoms with Gasteiger partial charge in [-0.25, -0.2) is 13.6 Å². The highest BCUT2D eigenvalue weighted by Gasteiger charge is 2.35. The first-order chi connectivity index (χ1) is 15.0. The van der Waals surface area contributed by atoms with Crippen LogP contribution in [0.15, 0.2) is 42.5 Å². The lowest BCUT2D eigenvalue weighted by molar-refractivity contribution is -0.0950. The monoisotopic (exact) mass is 434 g/mol. The lowest BCUT2D eigenvalue weighted by Crippen LogP contribution is -2.38. The van der Waals surface area contributed by atoms with Crippen molar-refractivity contribution >= 4 is 11.7 Å². The maximum atomic E-state index is 14.3.